The third-order valence-corrected chi connectivity index (χ3v) is 2.46. The van der Waals surface area contributed by atoms with E-state index in [1.807, 2.05) is 6.07 Å². The van der Waals surface area contributed by atoms with Crippen LogP contribution in [0.1, 0.15) is 31.1 Å². The van der Waals surface area contributed by atoms with Gasteiger partial charge in [-0.2, -0.15) is 0 Å². The van der Waals surface area contributed by atoms with Gasteiger partial charge in [-0.3, -0.25) is 0 Å². The minimum Gasteiger partial charge on any atom is -0.460 e. The minimum absolute atomic E-state index is 0.464. The molecule has 14 heavy (non-hydrogen) atoms. The number of fused-ring (bicyclic) bond motifs is 1. The Morgan fingerprint density at radius 3 is 2.71 bits per heavy atom. The van der Waals surface area contributed by atoms with Gasteiger partial charge in [0.1, 0.15) is 11.3 Å². The summed E-state index contributed by atoms with van der Waals surface area (Å²) in [5.74, 6) is 1.38. The molecular formula is C12H15NO. The third kappa shape index (κ3) is 1.53. The minimum atomic E-state index is 0.464. The molecule has 0 aliphatic heterocycles. The molecular weight excluding hydrogens is 174 g/mol. The molecule has 0 fully saturated rings. The van der Waals surface area contributed by atoms with Gasteiger partial charge in [0.15, 0.2) is 0 Å². The molecule has 0 saturated heterocycles. The van der Waals surface area contributed by atoms with Crippen LogP contribution in [0.25, 0.3) is 11.0 Å². The smallest absolute Gasteiger partial charge is 0.134 e. The summed E-state index contributed by atoms with van der Waals surface area (Å²) in [6.07, 6.45) is 0. The summed E-state index contributed by atoms with van der Waals surface area (Å²) in [5.41, 5.74) is 7.76. The third-order valence-electron chi connectivity index (χ3n) is 2.46. The molecule has 2 heteroatoms. The Hall–Kier alpha value is -1.28. The summed E-state index contributed by atoms with van der Waals surface area (Å²) >= 11 is 0. The number of benzene rings is 1. The molecule has 2 N–H and O–H groups in total. The van der Waals surface area contributed by atoms with Crippen LogP contribution >= 0.6 is 0 Å². The maximum atomic E-state index is 5.58. The normalized spacial score (nSPS) is 11.4. The Kier molecular flexibility index (Phi) is 2.30. The monoisotopic (exact) mass is 189 g/mol. The Bertz CT molecular complexity index is 443. The molecule has 0 spiro atoms. The lowest BCUT2D eigenvalue weighted by atomic mass is 10.0. The first-order chi connectivity index (χ1) is 6.70. The summed E-state index contributed by atoms with van der Waals surface area (Å²) < 4.78 is 5.58. The van der Waals surface area contributed by atoms with Gasteiger partial charge < -0.3 is 10.2 Å². The summed E-state index contributed by atoms with van der Waals surface area (Å²) in [5, 5.41) is 1.13. The van der Waals surface area contributed by atoms with E-state index in [2.05, 4.69) is 32.0 Å². The molecule has 1 aromatic heterocycles. The van der Waals surface area contributed by atoms with Gasteiger partial charge in [-0.1, -0.05) is 26.0 Å². The van der Waals surface area contributed by atoms with Crippen LogP contribution < -0.4 is 5.73 Å². The Balaban J connectivity index is 2.54. The van der Waals surface area contributed by atoms with Gasteiger partial charge >= 0.3 is 0 Å². The molecule has 0 aliphatic rings. The fourth-order valence-electron chi connectivity index (χ4n) is 1.56. The summed E-state index contributed by atoms with van der Waals surface area (Å²) in [7, 11) is 0. The SMILES string of the molecule is CC(C)c1ccc2cc(CN)oc2c1. The molecule has 2 nitrogen and oxygen atoms in total. The zero-order valence-electron chi connectivity index (χ0n) is 8.58. The number of hydrogen-bond donors (Lipinski definition) is 1. The van der Waals surface area contributed by atoms with Crippen molar-refractivity contribution in [1.82, 2.24) is 0 Å². The van der Waals surface area contributed by atoms with E-state index in [1.165, 1.54) is 5.56 Å². The molecule has 0 atom stereocenters. The highest BCUT2D eigenvalue weighted by Gasteiger charge is 2.05. The molecule has 1 heterocycles. The van der Waals surface area contributed by atoms with E-state index in [-0.39, 0.29) is 0 Å². The van der Waals surface area contributed by atoms with E-state index in [1.54, 1.807) is 0 Å². The number of rotatable bonds is 2. The van der Waals surface area contributed by atoms with Gasteiger partial charge in [-0.05, 0) is 23.6 Å². The highest BCUT2D eigenvalue weighted by molar-refractivity contribution is 5.78. The summed E-state index contributed by atoms with van der Waals surface area (Å²) in [6, 6.07) is 8.33. The van der Waals surface area contributed by atoms with E-state index in [0.717, 1.165) is 16.7 Å². The van der Waals surface area contributed by atoms with E-state index in [0.29, 0.717) is 12.5 Å². The maximum absolute atomic E-state index is 5.58. The average Bonchev–Trinajstić information content (AvgIpc) is 2.58. The summed E-state index contributed by atoms with van der Waals surface area (Å²) in [6.45, 7) is 4.81. The van der Waals surface area contributed by atoms with Crippen molar-refractivity contribution in [2.75, 3.05) is 0 Å². The highest BCUT2D eigenvalue weighted by Crippen LogP contribution is 2.24. The predicted octanol–water partition coefficient (Wildman–Crippen LogP) is 3.01. The lowest BCUT2D eigenvalue weighted by molar-refractivity contribution is 0.552. The molecule has 0 bridgehead atoms. The van der Waals surface area contributed by atoms with Crippen LogP contribution in [0, 0.1) is 0 Å². The first-order valence-corrected chi connectivity index (χ1v) is 4.93. The highest BCUT2D eigenvalue weighted by atomic mass is 16.3. The van der Waals surface area contributed by atoms with Gasteiger partial charge in [0.25, 0.3) is 0 Å². The molecule has 0 unspecified atom stereocenters. The topological polar surface area (TPSA) is 39.2 Å². The second kappa shape index (κ2) is 3.46. The van der Waals surface area contributed by atoms with Crippen molar-refractivity contribution in [2.24, 2.45) is 5.73 Å². The van der Waals surface area contributed by atoms with Crippen LogP contribution in [0.4, 0.5) is 0 Å². The molecule has 0 amide bonds. The predicted molar refractivity (Wildman–Crippen MR) is 58.2 cm³/mol. The Morgan fingerprint density at radius 1 is 1.29 bits per heavy atom. The van der Waals surface area contributed by atoms with Crippen molar-refractivity contribution >= 4 is 11.0 Å². The van der Waals surface area contributed by atoms with Crippen LogP contribution in [-0.4, -0.2) is 0 Å². The van der Waals surface area contributed by atoms with Crippen molar-refractivity contribution in [3.63, 3.8) is 0 Å². The standard InChI is InChI=1S/C12H15NO/c1-8(2)9-3-4-10-5-11(7-13)14-12(10)6-9/h3-6,8H,7,13H2,1-2H3. The molecule has 0 radical (unpaired) electrons. The van der Waals surface area contributed by atoms with Crippen molar-refractivity contribution in [3.8, 4) is 0 Å². The van der Waals surface area contributed by atoms with Gasteiger partial charge in [0, 0.05) is 5.39 Å². The first-order valence-electron chi connectivity index (χ1n) is 4.93. The van der Waals surface area contributed by atoms with Gasteiger partial charge in [0.05, 0.1) is 6.54 Å². The Morgan fingerprint density at radius 2 is 2.07 bits per heavy atom. The fourth-order valence-corrected chi connectivity index (χ4v) is 1.56. The van der Waals surface area contributed by atoms with E-state index in [9.17, 15) is 0 Å². The molecule has 0 aliphatic carbocycles. The second-order valence-corrected chi connectivity index (χ2v) is 3.87. The largest absolute Gasteiger partial charge is 0.460 e. The average molecular weight is 189 g/mol. The lowest BCUT2D eigenvalue weighted by Crippen LogP contribution is -1.92. The molecule has 0 saturated carbocycles. The molecule has 1 aromatic carbocycles. The van der Waals surface area contributed by atoms with Gasteiger partial charge in [-0.15, -0.1) is 0 Å². The van der Waals surface area contributed by atoms with Gasteiger partial charge in [-0.25, -0.2) is 0 Å². The molecule has 2 aromatic rings. The van der Waals surface area contributed by atoms with Crippen LogP contribution in [0.3, 0.4) is 0 Å². The number of hydrogen-bond acceptors (Lipinski definition) is 2. The van der Waals surface area contributed by atoms with Crippen LogP contribution in [-0.2, 0) is 6.54 Å². The lowest BCUT2D eigenvalue weighted by Gasteiger charge is -2.03. The van der Waals surface area contributed by atoms with Crippen LogP contribution in [0.15, 0.2) is 28.7 Å². The Labute approximate surface area is 83.7 Å². The van der Waals surface area contributed by atoms with Crippen LogP contribution in [0.5, 0.6) is 0 Å². The van der Waals surface area contributed by atoms with Crippen molar-refractivity contribution in [3.05, 3.63) is 35.6 Å². The van der Waals surface area contributed by atoms with Gasteiger partial charge in [0.2, 0.25) is 0 Å². The number of nitrogens with two attached hydrogens (primary N) is 1. The van der Waals surface area contributed by atoms with E-state index in [4.69, 9.17) is 10.2 Å². The maximum Gasteiger partial charge on any atom is 0.134 e. The summed E-state index contributed by atoms with van der Waals surface area (Å²) in [4.78, 5) is 0. The van der Waals surface area contributed by atoms with Crippen molar-refractivity contribution in [2.45, 2.75) is 26.3 Å². The van der Waals surface area contributed by atoms with Crippen LogP contribution in [0.2, 0.25) is 0 Å². The second-order valence-electron chi connectivity index (χ2n) is 3.87. The van der Waals surface area contributed by atoms with Crippen molar-refractivity contribution in [1.29, 1.82) is 0 Å². The molecule has 2 rings (SSSR count). The van der Waals surface area contributed by atoms with E-state index >= 15 is 0 Å². The van der Waals surface area contributed by atoms with Crippen molar-refractivity contribution < 1.29 is 4.42 Å². The molecule has 74 valence electrons. The van der Waals surface area contributed by atoms with E-state index < -0.39 is 0 Å². The quantitative estimate of drug-likeness (QED) is 0.788. The first kappa shape index (κ1) is 9.28. The zero-order valence-corrected chi connectivity index (χ0v) is 8.58. The zero-order chi connectivity index (χ0) is 10.1. The fraction of sp³-hybridized carbons (Fsp3) is 0.333. The number of furan rings is 1.